The molecule has 0 spiro atoms. The first kappa shape index (κ1) is 12.5. The Morgan fingerprint density at radius 2 is 2.25 bits per heavy atom. The van der Waals surface area contributed by atoms with Gasteiger partial charge in [0, 0.05) is 6.42 Å². The zero-order chi connectivity index (χ0) is 12.0. The molecule has 0 aliphatic rings. The molecule has 0 atom stereocenters. The number of nitrogens with zero attached hydrogens (tertiary/aromatic N) is 1. The van der Waals surface area contributed by atoms with E-state index in [0.29, 0.717) is 18.2 Å². The van der Waals surface area contributed by atoms with Crippen molar-refractivity contribution in [3.63, 3.8) is 0 Å². The molecule has 0 unspecified atom stereocenters. The van der Waals surface area contributed by atoms with Crippen molar-refractivity contribution in [2.45, 2.75) is 26.9 Å². The first-order valence-electron chi connectivity index (χ1n) is 5.26. The van der Waals surface area contributed by atoms with Crippen LogP contribution in [0.3, 0.4) is 0 Å². The molecule has 0 saturated carbocycles. The zero-order valence-corrected chi connectivity index (χ0v) is 9.61. The fraction of sp³-hybridized carbons (Fsp3) is 0.417. The first-order chi connectivity index (χ1) is 7.58. The van der Waals surface area contributed by atoms with Gasteiger partial charge in [-0.2, -0.15) is 0 Å². The summed E-state index contributed by atoms with van der Waals surface area (Å²) in [5, 5.41) is 3.76. The largest absolute Gasteiger partial charge is 0.390 e. The number of halogens is 1. The van der Waals surface area contributed by atoms with Crippen molar-refractivity contribution in [2.75, 3.05) is 0 Å². The maximum atomic E-state index is 12.8. The molecule has 0 saturated heterocycles. The standard InChI is InChI=1S/C12H17FN2O/c1-9(2)6-12(14)15-16-8-10-4-3-5-11(13)7-10/h3-5,7,9H,6,8H2,1-2H3,(H2,14,15). The molecule has 0 fully saturated rings. The Labute approximate surface area is 95.1 Å². The van der Waals surface area contributed by atoms with Gasteiger partial charge in [0.1, 0.15) is 18.3 Å². The maximum Gasteiger partial charge on any atom is 0.142 e. The van der Waals surface area contributed by atoms with Crippen molar-refractivity contribution in [1.29, 1.82) is 0 Å². The topological polar surface area (TPSA) is 47.6 Å². The van der Waals surface area contributed by atoms with Crippen molar-refractivity contribution < 1.29 is 9.23 Å². The molecule has 0 radical (unpaired) electrons. The van der Waals surface area contributed by atoms with Gasteiger partial charge < -0.3 is 10.6 Å². The van der Waals surface area contributed by atoms with Gasteiger partial charge >= 0.3 is 0 Å². The van der Waals surface area contributed by atoms with Crippen molar-refractivity contribution in [2.24, 2.45) is 16.8 Å². The van der Waals surface area contributed by atoms with Crippen molar-refractivity contribution in [1.82, 2.24) is 0 Å². The summed E-state index contributed by atoms with van der Waals surface area (Å²) in [7, 11) is 0. The zero-order valence-electron chi connectivity index (χ0n) is 9.61. The molecule has 0 heterocycles. The van der Waals surface area contributed by atoms with Crippen LogP contribution in [0.5, 0.6) is 0 Å². The minimum Gasteiger partial charge on any atom is -0.390 e. The summed E-state index contributed by atoms with van der Waals surface area (Å²) in [6.45, 7) is 4.33. The van der Waals surface area contributed by atoms with Gasteiger partial charge in [0.25, 0.3) is 0 Å². The Kier molecular flexibility index (Phi) is 4.76. The van der Waals surface area contributed by atoms with Gasteiger partial charge in [-0.3, -0.25) is 0 Å². The summed E-state index contributed by atoms with van der Waals surface area (Å²) >= 11 is 0. The Morgan fingerprint density at radius 3 is 2.88 bits per heavy atom. The van der Waals surface area contributed by atoms with E-state index in [1.807, 2.05) is 0 Å². The molecule has 0 aromatic heterocycles. The van der Waals surface area contributed by atoms with Crippen LogP contribution in [0.4, 0.5) is 4.39 Å². The molecule has 1 aromatic rings. The highest BCUT2D eigenvalue weighted by Crippen LogP contribution is 2.05. The SMILES string of the molecule is CC(C)CC(N)=NOCc1cccc(F)c1. The van der Waals surface area contributed by atoms with Gasteiger partial charge in [-0.25, -0.2) is 4.39 Å². The highest BCUT2D eigenvalue weighted by atomic mass is 19.1. The third kappa shape index (κ3) is 4.77. The van der Waals surface area contributed by atoms with Crippen LogP contribution in [0.2, 0.25) is 0 Å². The number of oxime groups is 1. The second kappa shape index (κ2) is 6.10. The normalized spacial score (nSPS) is 11.9. The average molecular weight is 224 g/mol. The number of hydrogen-bond donors (Lipinski definition) is 1. The molecule has 2 N–H and O–H groups in total. The van der Waals surface area contributed by atoms with E-state index in [-0.39, 0.29) is 12.4 Å². The number of hydrogen-bond acceptors (Lipinski definition) is 2. The van der Waals surface area contributed by atoms with Crippen LogP contribution in [0.15, 0.2) is 29.4 Å². The summed E-state index contributed by atoms with van der Waals surface area (Å²) < 4.78 is 12.8. The van der Waals surface area contributed by atoms with Crippen LogP contribution in [0, 0.1) is 11.7 Å². The van der Waals surface area contributed by atoms with Crippen LogP contribution in [0.25, 0.3) is 0 Å². The van der Waals surface area contributed by atoms with Crippen LogP contribution in [-0.2, 0) is 11.4 Å². The smallest absolute Gasteiger partial charge is 0.142 e. The summed E-state index contributed by atoms with van der Waals surface area (Å²) in [5.74, 6) is 0.633. The van der Waals surface area contributed by atoms with E-state index in [2.05, 4.69) is 19.0 Å². The van der Waals surface area contributed by atoms with Gasteiger partial charge in [0.2, 0.25) is 0 Å². The Hall–Kier alpha value is -1.58. The molecule has 0 aliphatic heterocycles. The fourth-order valence-corrected chi connectivity index (χ4v) is 1.27. The Morgan fingerprint density at radius 1 is 1.50 bits per heavy atom. The van der Waals surface area contributed by atoms with E-state index < -0.39 is 0 Å². The molecular formula is C12H17FN2O. The lowest BCUT2D eigenvalue weighted by atomic mass is 10.1. The van der Waals surface area contributed by atoms with Crippen molar-refractivity contribution >= 4 is 5.84 Å². The monoisotopic (exact) mass is 224 g/mol. The third-order valence-electron chi connectivity index (χ3n) is 1.92. The first-order valence-corrected chi connectivity index (χ1v) is 5.26. The molecule has 0 bridgehead atoms. The molecule has 88 valence electrons. The summed E-state index contributed by atoms with van der Waals surface area (Å²) in [6, 6.07) is 6.21. The predicted molar refractivity (Wildman–Crippen MR) is 62.3 cm³/mol. The van der Waals surface area contributed by atoms with Gasteiger partial charge in [-0.1, -0.05) is 31.1 Å². The molecule has 1 rings (SSSR count). The number of benzene rings is 1. The molecule has 0 amide bonds. The van der Waals surface area contributed by atoms with Crippen LogP contribution >= 0.6 is 0 Å². The highest BCUT2D eigenvalue weighted by Gasteiger charge is 1.99. The lowest BCUT2D eigenvalue weighted by Gasteiger charge is -2.04. The quantitative estimate of drug-likeness (QED) is 0.475. The second-order valence-corrected chi connectivity index (χ2v) is 4.08. The van der Waals surface area contributed by atoms with Crippen molar-refractivity contribution in [3.8, 4) is 0 Å². The Bertz CT molecular complexity index is 364. The van der Waals surface area contributed by atoms with Crippen LogP contribution in [-0.4, -0.2) is 5.84 Å². The summed E-state index contributed by atoms with van der Waals surface area (Å²) in [6.07, 6.45) is 0.698. The average Bonchev–Trinajstić information content (AvgIpc) is 2.16. The van der Waals surface area contributed by atoms with E-state index in [4.69, 9.17) is 10.6 Å². The lowest BCUT2D eigenvalue weighted by Crippen LogP contribution is -2.14. The van der Waals surface area contributed by atoms with E-state index >= 15 is 0 Å². The van der Waals surface area contributed by atoms with Gasteiger partial charge in [-0.05, 0) is 23.6 Å². The molecule has 3 nitrogen and oxygen atoms in total. The van der Waals surface area contributed by atoms with E-state index in [1.54, 1.807) is 12.1 Å². The molecule has 16 heavy (non-hydrogen) atoms. The Balaban J connectivity index is 2.40. The third-order valence-corrected chi connectivity index (χ3v) is 1.92. The summed E-state index contributed by atoms with van der Waals surface area (Å²) in [4.78, 5) is 5.03. The molecule has 0 aliphatic carbocycles. The van der Waals surface area contributed by atoms with E-state index in [0.717, 1.165) is 5.56 Å². The van der Waals surface area contributed by atoms with Crippen LogP contribution in [0.1, 0.15) is 25.8 Å². The molecule has 4 heteroatoms. The fourth-order valence-electron chi connectivity index (χ4n) is 1.27. The van der Waals surface area contributed by atoms with E-state index in [1.165, 1.54) is 12.1 Å². The molecule has 1 aromatic carbocycles. The second-order valence-electron chi connectivity index (χ2n) is 4.08. The maximum absolute atomic E-state index is 12.8. The highest BCUT2D eigenvalue weighted by molar-refractivity contribution is 5.79. The van der Waals surface area contributed by atoms with Crippen LogP contribution < -0.4 is 5.73 Å². The van der Waals surface area contributed by atoms with Gasteiger partial charge in [0.15, 0.2) is 0 Å². The van der Waals surface area contributed by atoms with Crippen molar-refractivity contribution in [3.05, 3.63) is 35.6 Å². The minimum atomic E-state index is -0.278. The predicted octanol–water partition coefficient (Wildman–Crippen LogP) is 2.66. The van der Waals surface area contributed by atoms with Gasteiger partial charge in [0.05, 0.1) is 0 Å². The summed E-state index contributed by atoms with van der Waals surface area (Å²) in [5.41, 5.74) is 6.36. The number of amidine groups is 1. The lowest BCUT2D eigenvalue weighted by molar-refractivity contribution is 0.129. The molecular weight excluding hydrogens is 207 g/mol. The minimum absolute atomic E-state index is 0.233. The van der Waals surface area contributed by atoms with E-state index in [9.17, 15) is 4.39 Å². The number of nitrogens with two attached hydrogens (primary N) is 1. The number of rotatable bonds is 5. The van der Waals surface area contributed by atoms with Gasteiger partial charge in [-0.15, -0.1) is 0 Å².